The van der Waals surface area contributed by atoms with Crippen LogP contribution in [0.1, 0.15) is 13.8 Å². The molecule has 0 radical (unpaired) electrons. The van der Waals surface area contributed by atoms with Crippen LogP contribution >= 0.6 is 0 Å². The number of nitro benzene ring substituents is 1. The van der Waals surface area contributed by atoms with Crippen molar-refractivity contribution < 1.29 is 18.4 Å². The molecule has 4 nitrogen and oxygen atoms in total. The van der Waals surface area contributed by atoms with Gasteiger partial charge in [-0.15, -0.1) is 0 Å². The van der Waals surface area contributed by atoms with Gasteiger partial charge in [0.15, 0.2) is 5.75 Å². The van der Waals surface area contributed by atoms with Crippen LogP contribution in [0.2, 0.25) is 0 Å². The smallest absolute Gasteiger partial charge is 0.308 e. The van der Waals surface area contributed by atoms with E-state index in [-0.39, 0.29) is 5.75 Å². The van der Waals surface area contributed by atoms with E-state index in [1.54, 1.807) is 0 Å². The first-order valence-corrected chi connectivity index (χ1v) is 4.24. The molecule has 0 amide bonds. The normalized spacial score (nSPS) is 8.87. The molecule has 1 aromatic carbocycles. The predicted molar refractivity (Wildman–Crippen MR) is 50.9 cm³/mol. The standard InChI is InChI=1S/C7H5F2NO3.C2H6/c1-13-5-3-2-4(10(11)12)6(8)7(5)9;1-2/h2-3H,1H3;1-2H3. The second-order valence-corrected chi connectivity index (χ2v) is 2.17. The van der Waals surface area contributed by atoms with Crippen molar-refractivity contribution in [1.29, 1.82) is 0 Å². The van der Waals surface area contributed by atoms with E-state index in [9.17, 15) is 18.9 Å². The lowest BCUT2D eigenvalue weighted by molar-refractivity contribution is -0.387. The van der Waals surface area contributed by atoms with Gasteiger partial charge in [0, 0.05) is 6.07 Å². The topological polar surface area (TPSA) is 52.4 Å². The Labute approximate surface area is 85.6 Å². The summed E-state index contributed by atoms with van der Waals surface area (Å²) in [5.74, 6) is -3.22. The molecule has 6 heteroatoms. The van der Waals surface area contributed by atoms with E-state index in [0.29, 0.717) is 0 Å². The number of hydrogen-bond acceptors (Lipinski definition) is 3. The summed E-state index contributed by atoms with van der Waals surface area (Å²) in [5, 5.41) is 10.1. The van der Waals surface area contributed by atoms with E-state index in [1.807, 2.05) is 13.8 Å². The molecule has 0 saturated carbocycles. The summed E-state index contributed by atoms with van der Waals surface area (Å²) in [6.07, 6.45) is 0. The quantitative estimate of drug-likeness (QED) is 0.567. The van der Waals surface area contributed by atoms with Gasteiger partial charge < -0.3 is 4.74 Å². The van der Waals surface area contributed by atoms with Crippen LogP contribution in [0.3, 0.4) is 0 Å². The number of methoxy groups -OCH3 is 1. The molecule has 1 aromatic rings. The highest BCUT2D eigenvalue weighted by atomic mass is 19.2. The third-order valence-electron chi connectivity index (χ3n) is 1.44. The number of ether oxygens (including phenoxy) is 1. The molecule has 0 heterocycles. The summed E-state index contributed by atoms with van der Waals surface area (Å²) in [5.41, 5.74) is -0.904. The summed E-state index contributed by atoms with van der Waals surface area (Å²) >= 11 is 0. The number of rotatable bonds is 2. The van der Waals surface area contributed by atoms with Crippen LogP contribution in [-0.2, 0) is 0 Å². The third-order valence-corrected chi connectivity index (χ3v) is 1.44. The van der Waals surface area contributed by atoms with Crippen LogP contribution in [-0.4, -0.2) is 12.0 Å². The fourth-order valence-electron chi connectivity index (χ4n) is 0.820. The Bertz CT molecular complexity index is 355. The van der Waals surface area contributed by atoms with Crippen LogP contribution in [0, 0.1) is 21.7 Å². The second kappa shape index (κ2) is 5.90. The summed E-state index contributed by atoms with van der Waals surface area (Å²) in [4.78, 5) is 9.13. The van der Waals surface area contributed by atoms with Gasteiger partial charge in [0.05, 0.1) is 12.0 Å². The lowest BCUT2D eigenvalue weighted by Crippen LogP contribution is -1.98. The zero-order valence-corrected chi connectivity index (χ0v) is 8.58. The maximum Gasteiger partial charge on any atom is 0.308 e. The van der Waals surface area contributed by atoms with Crippen molar-refractivity contribution in [2.45, 2.75) is 13.8 Å². The van der Waals surface area contributed by atoms with E-state index < -0.39 is 22.2 Å². The number of nitrogens with zero attached hydrogens (tertiary/aromatic N) is 1. The third kappa shape index (κ3) is 2.87. The molecule has 0 aromatic heterocycles. The average molecular weight is 219 g/mol. The molecule has 0 bridgehead atoms. The van der Waals surface area contributed by atoms with Gasteiger partial charge in [0.25, 0.3) is 0 Å². The Balaban J connectivity index is 0.000000921. The molecule has 0 saturated heterocycles. The Morgan fingerprint density at radius 3 is 2.20 bits per heavy atom. The molecule has 0 N–H and O–H groups in total. The molecule has 1 rings (SSSR count). The molecule has 0 aliphatic rings. The van der Waals surface area contributed by atoms with Crippen molar-refractivity contribution in [2.75, 3.05) is 7.11 Å². The molecular formula is C9H11F2NO3. The van der Waals surface area contributed by atoms with Crippen molar-refractivity contribution >= 4 is 5.69 Å². The summed E-state index contributed by atoms with van der Waals surface area (Å²) < 4.78 is 30.0. The highest BCUT2D eigenvalue weighted by Crippen LogP contribution is 2.26. The van der Waals surface area contributed by atoms with Crippen molar-refractivity contribution in [1.82, 2.24) is 0 Å². The van der Waals surface area contributed by atoms with Crippen LogP contribution in [0.5, 0.6) is 5.75 Å². The van der Waals surface area contributed by atoms with Gasteiger partial charge in [-0.1, -0.05) is 13.8 Å². The fraction of sp³-hybridized carbons (Fsp3) is 0.333. The Hall–Kier alpha value is -1.72. The number of halogens is 2. The second-order valence-electron chi connectivity index (χ2n) is 2.17. The largest absolute Gasteiger partial charge is 0.494 e. The maximum absolute atomic E-state index is 12.8. The Kier molecular flexibility index (Phi) is 5.22. The fourth-order valence-corrected chi connectivity index (χ4v) is 0.820. The summed E-state index contributed by atoms with van der Waals surface area (Å²) in [6.45, 7) is 4.00. The molecule has 84 valence electrons. The van der Waals surface area contributed by atoms with E-state index in [0.717, 1.165) is 19.2 Å². The molecule has 0 aliphatic carbocycles. The maximum atomic E-state index is 12.8. The predicted octanol–water partition coefficient (Wildman–Crippen LogP) is 2.91. The van der Waals surface area contributed by atoms with Crippen LogP contribution in [0.25, 0.3) is 0 Å². The molecule has 0 atom stereocenters. The SMILES string of the molecule is CC.COc1ccc([N+](=O)[O-])c(F)c1F. The van der Waals surface area contributed by atoms with Gasteiger partial charge in [0.2, 0.25) is 11.6 Å². The van der Waals surface area contributed by atoms with Gasteiger partial charge in [0.1, 0.15) is 0 Å². The van der Waals surface area contributed by atoms with E-state index in [2.05, 4.69) is 4.74 Å². The van der Waals surface area contributed by atoms with E-state index in [1.165, 1.54) is 0 Å². The molecule has 0 fully saturated rings. The lowest BCUT2D eigenvalue weighted by atomic mass is 10.3. The molecule has 0 aliphatic heterocycles. The van der Waals surface area contributed by atoms with Crippen molar-refractivity contribution in [3.8, 4) is 5.75 Å². The minimum atomic E-state index is -1.51. The van der Waals surface area contributed by atoms with E-state index >= 15 is 0 Å². The average Bonchev–Trinajstić information content (AvgIpc) is 2.24. The lowest BCUT2D eigenvalue weighted by Gasteiger charge is -2.01. The van der Waals surface area contributed by atoms with Crippen LogP contribution in [0.4, 0.5) is 14.5 Å². The minimum absolute atomic E-state index is 0.358. The van der Waals surface area contributed by atoms with E-state index in [4.69, 9.17) is 0 Å². The minimum Gasteiger partial charge on any atom is -0.494 e. The molecular weight excluding hydrogens is 208 g/mol. The van der Waals surface area contributed by atoms with Gasteiger partial charge in [-0.05, 0) is 6.07 Å². The Morgan fingerprint density at radius 1 is 1.27 bits per heavy atom. The monoisotopic (exact) mass is 219 g/mol. The highest BCUT2D eigenvalue weighted by molar-refractivity contribution is 5.39. The first-order valence-electron chi connectivity index (χ1n) is 4.24. The highest BCUT2D eigenvalue weighted by Gasteiger charge is 2.21. The van der Waals surface area contributed by atoms with Crippen molar-refractivity contribution in [3.05, 3.63) is 33.9 Å². The number of benzene rings is 1. The first-order chi connectivity index (χ1) is 7.07. The van der Waals surface area contributed by atoms with Gasteiger partial charge in [-0.2, -0.15) is 8.78 Å². The molecule has 0 unspecified atom stereocenters. The number of hydrogen-bond donors (Lipinski definition) is 0. The zero-order valence-electron chi connectivity index (χ0n) is 8.58. The van der Waals surface area contributed by atoms with Crippen molar-refractivity contribution in [2.24, 2.45) is 0 Å². The molecule has 0 spiro atoms. The summed E-state index contributed by atoms with van der Waals surface area (Å²) in [7, 11) is 1.14. The van der Waals surface area contributed by atoms with Crippen molar-refractivity contribution in [3.63, 3.8) is 0 Å². The first kappa shape index (κ1) is 13.3. The van der Waals surface area contributed by atoms with Gasteiger partial charge >= 0.3 is 5.69 Å². The Morgan fingerprint density at radius 2 is 1.80 bits per heavy atom. The molecule has 15 heavy (non-hydrogen) atoms. The zero-order chi connectivity index (χ0) is 12.0. The van der Waals surface area contributed by atoms with Gasteiger partial charge in [-0.25, -0.2) is 0 Å². The number of nitro groups is 1. The van der Waals surface area contributed by atoms with Crippen LogP contribution < -0.4 is 4.74 Å². The van der Waals surface area contributed by atoms with Gasteiger partial charge in [-0.3, -0.25) is 10.1 Å². The summed E-state index contributed by atoms with van der Waals surface area (Å²) in [6, 6.07) is 1.84. The van der Waals surface area contributed by atoms with Crippen LogP contribution in [0.15, 0.2) is 12.1 Å².